The molecule has 1 aromatic carbocycles. The molecule has 1 atom stereocenters. The van der Waals surface area contributed by atoms with Gasteiger partial charge in [0.05, 0.1) is 5.02 Å². The van der Waals surface area contributed by atoms with E-state index in [1.807, 2.05) is 18.2 Å². The summed E-state index contributed by atoms with van der Waals surface area (Å²) in [6.07, 6.45) is 3.24. The Morgan fingerprint density at radius 3 is 2.93 bits per heavy atom. The number of aryl methyl sites for hydroxylation is 1. The number of hydrogen-bond donors (Lipinski definition) is 1. The summed E-state index contributed by atoms with van der Waals surface area (Å²) in [5, 5.41) is 7.69. The van der Waals surface area contributed by atoms with Gasteiger partial charge in [0.25, 0.3) is 0 Å². The molecule has 1 fully saturated rings. The number of nitrogens with one attached hydrogen (secondary N) is 1. The molecule has 1 N–H and O–H groups in total. The average molecular weight is 405 g/mol. The number of halogens is 1. The topological polar surface area (TPSA) is 71.3 Å². The van der Waals surface area contributed by atoms with E-state index < -0.39 is 0 Å². The fraction of sp³-hybridized carbons (Fsp3) is 0.571. The number of carbonyl (C=O) groups excluding carboxylic acids is 1. The molecule has 7 heteroatoms. The van der Waals surface area contributed by atoms with Crippen molar-refractivity contribution < 1.29 is 9.32 Å². The zero-order valence-corrected chi connectivity index (χ0v) is 17.6. The molecule has 0 spiro atoms. The van der Waals surface area contributed by atoms with Crippen LogP contribution in [0.5, 0.6) is 0 Å². The molecule has 0 radical (unpaired) electrons. The monoisotopic (exact) mass is 404 g/mol. The van der Waals surface area contributed by atoms with Crippen LogP contribution < -0.4 is 5.32 Å². The van der Waals surface area contributed by atoms with Crippen molar-refractivity contribution in [3.8, 4) is 11.4 Å². The van der Waals surface area contributed by atoms with Crippen LogP contribution in [-0.2, 0) is 11.2 Å². The maximum atomic E-state index is 12.4. The summed E-state index contributed by atoms with van der Waals surface area (Å²) in [7, 11) is 0. The second kappa shape index (κ2) is 9.05. The number of rotatable bonds is 7. The number of amides is 1. The first-order valence-corrected chi connectivity index (χ1v) is 10.3. The summed E-state index contributed by atoms with van der Waals surface area (Å²) in [4.78, 5) is 19.2. The van der Waals surface area contributed by atoms with E-state index in [-0.39, 0.29) is 11.4 Å². The molecule has 1 aromatic heterocycles. The Bertz CT molecular complexity index is 805. The van der Waals surface area contributed by atoms with E-state index in [4.69, 9.17) is 16.1 Å². The third kappa shape index (κ3) is 5.79. The molecule has 0 aliphatic carbocycles. The molecule has 0 bridgehead atoms. The number of likely N-dealkylation sites (tertiary alicyclic amines) is 1. The van der Waals surface area contributed by atoms with Crippen molar-refractivity contribution >= 4 is 17.5 Å². The highest BCUT2D eigenvalue weighted by atomic mass is 35.5. The van der Waals surface area contributed by atoms with Crippen molar-refractivity contribution in [2.75, 3.05) is 19.6 Å². The lowest BCUT2D eigenvalue weighted by Gasteiger charge is -2.37. The SMILES string of the molecule is CC1CCCN(CC(C)(C)NC(=O)CCc2nc(-c3ccccc3Cl)no2)C1. The predicted molar refractivity (Wildman–Crippen MR) is 110 cm³/mol. The summed E-state index contributed by atoms with van der Waals surface area (Å²) in [5.41, 5.74) is 0.451. The quantitative estimate of drug-likeness (QED) is 0.756. The van der Waals surface area contributed by atoms with Crippen molar-refractivity contribution in [3.63, 3.8) is 0 Å². The number of hydrogen-bond acceptors (Lipinski definition) is 5. The fourth-order valence-electron chi connectivity index (χ4n) is 3.80. The Labute approximate surface area is 171 Å². The number of nitrogens with zero attached hydrogens (tertiary/aromatic N) is 3. The number of piperidine rings is 1. The van der Waals surface area contributed by atoms with Gasteiger partial charge in [0, 0.05) is 37.0 Å². The maximum absolute atomic E-state index is 12.4. The summed E-state index contributed by atoms with van der Waals surface area (Å²) in [6, 6.07) is 7.35. The zero-order valence-electron chi connectivity index (χ0n) is 16.9. The Hall–Kier alpha value is -1.92. The number of carbonyl (C=O) groups is 1. The smallest absolute Gasteiger partial charge is 0.227 e. The normalized spacial score (nSPS) is 18.2. The predicted octanol–water partition coefficient (Wildman–Crippen LogP) is 3.95. The van der Waals surface area contributed by atoms with Crippen LogP contribution in [0.2, 0.25) is 5.02 Å². The average Bonchev–Trinajstić information content (AvgIpc) is 3.08. The molecule has 1 amide bonds. The molecule has 3 rings (SSSR count). The molecule has 1 saturated heterocycles. The van der Waals surface area contributed by atoms with E-state index in [1.54, 1.807) is 6.07 Å². The van der Waals surface area contributed by atoms with Gasteiger partial charge in [-0.1, -0.05) is 35.8 Å². The van der Waals surface area contributed by atoms with Gasteiger partial charge in [0.15, 0.2) is 0 Å². The van der Waals surface area contributed by atoms with Gasteiger partial charge in [-0.25, -0.2) is 0 Å². The van der Waals surface area contributed by atoms with Crippen LogP contribution in [-0.4, -0.2) is 46.1 Å². The fourth-order valence-corrected chi connectivity index (χ4v) is 4.02. The van der Waals surface area contributed by atoms with E-state index in [0.717, 1.165) is 31.1 Å². The second-order valence-electron chi connectivity index (χ2n) is 8.41. The highest BCUT2D eigenvalue weighted by Crippen LogP contribution is 2.25. The van der Waals surface area contributed by atoms with Crippen molar-refractivity contribution in [3.05, 3.63) is 35.2 Å². The molecule has 2 heterocycles. The van der Waals surface area contributed by atoms with Crippen LogP contribution in [0.3, 0.4) is 0 Å². The lowest BCUT2D eigenvalue weighted by atomic mass is 9.97. The van der Waals surface area contributed by atoms with Gasteiger partial charge in [-0.05, 0) is 51.3 Å². The molecule has 2 aromatic rings. The molecular formula is C21H29ClN4O2. The van der Waals surface area contributed by atoms with Crippen LogP contribution in [0, 0.1) is 5.92 Å². The van der Waals surface area contributed by atoms with Gasteiger partial charge < -0.3 is 14.7 Å². The van der Waals surface area contributed by atoms with Crippen LogP contribution in [0.25, 0.3) is 11.4 Å². The van der Waals surface area contributed by atoms with Gasteiger partial charge in [-0.2, -0.15) is 4.98 Å². The van der Waals surface area contributed by atoms with Gasteiger partial charge >= 0.3 is 0 Å². The lowest BCUT2D eigenvalue weighted by molar-refractivity contribution is -0.123. The molecule has 1 aliphatic heterocycles. The van der Waals surface area contributed by atoms with E-state index in [2.05, 4.69) is 41.1 Å². The molecule has 152 valence electrons. The van der Waals surface area contributed by atoms with Crippen LogP contribution >= 0.6 is 11.6 Å². The third-order valence-electron chi connectivity index (χ3n) is 4.99. The minimum absolute atomic E-state index is 0.00690. The molecule has 1 unspecified atom stereocenters. The minimum Gasteiger partial charge on any atom is -0.350 e. The van der Waals surface area contributed by atoms with E-state index in [0.29, 0.717) is 29.6 Å². The largest absolute Gasteiger partial charge is 0.350 e. The number of benzene rings is 1. The van der Waals surface area contributed by atoms with Crippen LogP contribution in [0.1, 0.15) is 45.9 Å². The van der Waals surface area contributed by atoms with Gasteiger partial charge in [-0.15, -0.1) is 0 Å². The maximum Gasteiger partial charge on any atom is 0.227 e. The minimum atomic E-state index is -0.272. The second-order valence-corrected chi connectivity index (χ2v) is 8.81. The van der Waals surface area contributed by atoms with Crippen LogP contribution in [0.4, 0.5) is 0 Å². The molecular weight excluding hydrogens is 376 g/mol. The first kappa shape index (κ1) is 20.8. The number of aromatic nitrogens is 2. The highest BCUT2D eigenvalue weighted by Gasteiger charge is 2.26. The zero-order chi connectivity index (χ0) is 20.1. The molecule has 1 aliphatic rings. The Morgan fingerprint density at radius 2 is 2.18 bits per heavy atom. The first-order chi connectivity index (χ1) is 13.3. The van der Waals surface area contributed by atoms with Gasteiger partial charge in [0.2, 0.25) is 17.6 Å². The Morgan fingerprint density at radius 1 is 1.39 bits per heavy atom. The van der Waals surface area contributed by atoms with Gasteiger partial charge in [-0.3, -0.25) is 4.79 Å². The van der Waals surface area contributed by atoms with E-state index in [1.165, 1.54) is 12.8 Å². The molecule has 0 saturated carbocycles. The summed E-state index contributed by atoms with van der Waals surface area (Å²) >= 11 is 6.17. The highest BCUT2D eigenvalue weighted by molar-refractivity contribution is 6.33. The van der Waals surface area contributed by atoms with Gasteiger partial charge in [0.1, 0.15) is 0 Å². The summed E-state index contributed by atoms with van der Waals surface area (Å²) in [5.74, 6) is 1.60. The van der Waals surface area contributed by atoms with Crippen LogP contribution in [0.15, 0.2) is 28.8 Å². The summed E-state index contributed by atoms with van der Waals surface area (Å²) in [6.45, 7) is 9.51. The Kier molecular flexibility index (Phi) is 6.73. The van der Waals surface area contributed by atoms with Crippen molar-refractivity contribution in [1.29, 1.82) is 0 Å². The van der Waals surface area contributed by atoms with Crippen molar-refractivity contribution in [2.45, 2.75) is 52.0 Å². The Balaban J connectivity index is 1.49. The lowest BCUT2D eigenvalue weighted by Crippen LogP contribution is -2.53. The molecule has 28 heavy (non-hydrogen) atoms. The standard InChI is InChI=1S/C21H29ClN4O2/c1-15-7-6-12-26(13-15)14-21(2,3)24-18(27)10-11-19-23-20(25-28-19)16-8-4-5-9-17(16)22/h4-5,8-9,15H,6-7,10-14H2,1-3H3,(H,24,27). The third-order valence-corrected chi connectivity index (χ3v) is 5.32. The molecule has 6 nitrogen and oxygen atoms in total. The van der Waals surface area contributed by atoms with E-state index in [9.17, 15) is 4.79 Å². The first-order valence-electron chi connectivity index (χ1n) is 9.93. The summed E-state index contributed by atoms with van der Waals surface area (Å²) < 4.78 is 5.28. The van der Waals surface area contributed by atoms with E-state index >= 15 is 0 Å². The van der Waals surface area contributed by atoms with Crippen molar-refractivity contribution in [2.24, 2.45) is 5.92 Å². The van der Waals surface area contributed by atoms with Crippen molar-refractivity contribution in [1.82, 2.24) is 20.4 Å².